The monoisotopic (exact) mass is 339 g/mol. The van der Waals surface area contributed by atoms with E-state index >= 15 is 0 Å². The Hall–Kier alpha value is -2.13. The molecule has 2 aromatic rings. The summed E-state index contributed by atoms with van der Waals surface area (Å²) >= 11 is 6.01. The second-order valence-corrected chi connectivity index (χ2v) is 7.14. The van der Waals surface area contributed by atoms with Gasteiger partial charge in [0.1, 0.15) is 0 Å². The fourth-order valence-electron chi connectivity index (χ4n) is 4.41. The van der Waals surface area contributed by atoms with Crippen LogP contribution in [0, 0.1) is 10.1 Å². The van der Waals surface area contributed by atoms with Crippen molar-refractivity contribution in [2.75, 3.05) is 0 Å². The van der Waals surface area contributed by atoms with Crippen LogP contribution in [0.1, 0.15) is 48.8 Å². The van der Waals surface area contributed by atoms with Crippen molar-refractivity contribution >= 4 is 28.9 Å². The van der Waals surface area contributed by atoms with Crippen molar-refractivity contribution in [2.24, 2.45) is 0 Å². The topological polar surface area (TPSA) is 43.1 Å². The van der Waals surface area contributed by atoms with Crippen LogP contribution in [-0.4, -0.2) is 4.92 Å². The SMILES string of the molecule is O=[N+]([O-])c1cc(Cl)ccc1C1=Cc2ccccc2C12CCCCC2. The lowest BCUT2D eigenvalue weighted by atomic mass is 9.65. The molecule has 122 valence electrons. The summed E-state index contributed by atoms with van der Waals surface area (Å²) < 4.78 is 0. The van der Waals surface area contributed by atoms with Crippen molar-refractivity contribution in [2.45, 2.75) is 37.5 Å². The van der Waals surface area contributed by atoms with Crippen molar-refractivity contribution in [3.05, 3.63) is 74.3 Å². The maximum absolute atomic E-state index is 11.6. The Balaban J connectivity index is 1.94. The first-order chi connectivity index (χ1) is 11.6. The summed E-state index contributed by atoms with van der Waals surface area (Å²) in [6.07, 6.45) is 7.81. The molecule has 2 aliphatic rings. The fraction of sp³-hybridized carbons (Fsp3) is 0.300. The molecule has 1 spiro atoms. The highest BCUT2D eigenvalue weighted by molar-refractivity contribution is 6.30. The Morgan fingerprint density at radius 3 is 2.54 bits per heavy atom. The molecule has 1 fully saturated rings. The molecule has 4 rings (SSSR count). The number of allylic oxidation sites excluding steroid dienone is 1. The smallest absolute Gasteiger partial charge is 0.258 e. The highest BCUT2D eigenvalue weighted by atomic mass is 35.5. The van der Waals surface area contributed by atoms with Gasteiger partial charge < -0.3 is 0 Å². The summed E-state index contributed by atoms with van der Waals surface area (Å²) in [6, 6.07) is 13.4. The predicted molar refractivity (Wildman–Crippen MR) is 97.2 cm³/mol. The number of fused-ring (bicyclic) bond motifs is 2. The molecular formula is C20H18ClNO2. The summed E-state index contributed by atoms with van der Waals surface area (Å²) in [6.45, 7) is 0. The second-order valence-electron chi connectivity index (χ2n) is 6.71. The molecule has 24 heavy (non-hydrogen) atoms. The molecule has 0 unspecified atom stereocenters. The first kappa shape index (κ1) is 15.4. The first-order valence-electron chi connectivity index (χ1n) is 8.38. The van der Waals surface area contributed by atoms with Gasteiger partial charge >= 0.3 is 0 Å². The molecular weight excluding hydrogens is 322 g/mol. The molecule has 1 saturated carbocycles. The zero-order valence-electron chi connectivity index (χ0n) is 13.3. The van der Waals surface area contributed by atoms with E-state index in [4.69, 9.17) is 11.6 Å². The van der Waals surface area contributed by atoms with E-state index < -0.39 is 0 Å². The van der Waals surface area contributed by atoms with Crippen LogP contribution in [0.25, 0.3) is 11.6 Å². The average Bonchev–Trinajstić information content (AvgIpc) is 2.90. The number of hydrogen-bond donors (Lipinski definition) is 0. The maximum atomic E-state index is 11.6. The minimum atomic E-state index is -0.318. The van der Waals surface area contributed by atoms with Gasteiger partial charge in [-0.2, -0.15) is 0 Å². The van der Waals surface area contributed by atoms with Crippen LogP contribution >= 0.6 is 11.6 Å². The van der Waals surface area contributed by atoms with Gasteiger partial charge in [0.15, 0.2) is 0 Å². The molecule has 0 amide bonds. The highest BCUT2D eigenvalue weighted by Crippen LogP contribution is 2.55. The van der Waals surface area contributed by atoms with Gasteiger partial charge in [-0.1, -0.05) is 55.1 Å². The minimum absolute atomic E-state index is 0.0898. The lowest BCUT2D eigenvalue weighted by Gasteiger charge is -2.37. The van der Waals surface area contributed by atoms with E-state index in [9.17, 15) is 10.1 Å². The summed E-state index contributed by atoms with van der Waals surface area (Å²) in [4.78, 5) is 11.3. The summed E-state index contributed by atoms with van der Waals surface area (Å²) in [5.41, 5.74) is 4.33. The number of hydrogen-bond acceptors (Lipinski definition) is 2. The third kappa shape index (κ3) is 2.27. The molecule has 3 nitrogen and oxygen atoms in total. The lowest BCUT2D eigenvalue weighted by molar-refractivity contribution is -0.385. The Morgan fingerprint density at radius 1 is 1.04 bits per heavy atom. The van der Waals surface area contributed by atoms with Crippen LogP contribution in [0.3, 0.4) is 0 Å². The molecule has 0 aromatic heterocycles. The Bertz CT molecular complexity index is 850. The number of nitro groups is 1. The van der Waals surface area contributed by atoms with Crippen LogP contribution < -0.4 is 0 Å². The van der Waals surface area contributed by atoms with Gasteiger partial charge in [-0.15, -0.1) is 0 Å². The molecule has 0 bridgehead atoms. The van der Waals surface area contributed by atoms with E-state index in [1.54, 1.807) is 6.07 Å². The van der Waals surface area contributed by atoms with Gasteiger partial charge in [0, 0.05) is 16.5 Å². The molecule has 0 heterocycles. The molecule has 0 atom stereocenters. The van der Waals surface area contributed by atoms with Crippen LogP contribution in [0.4, 0.5) is 5.69 Å². The van der Waals surface area contributed by atoms with Crippen molar-refractivity contribution < 1.29 is 4.92 Å². The molecule has 0 N–H and O–H groups in total. The number of rotatable bonds is 2. The van der Waals surface area contributed by atoms with E-state index in [0.29, 0.717) is 10.6 Å². The predicted octanol–water partition coefficient (Wildman–Crippen LogP) is 6.00. The van der Waals surface area contributed by atoms with E-state index in [1.165, 1.54) is 23.6 Å². The van der Waals surface area contributed by atoms with Crippen molar-refractivity contribution in [1.29, 1.82) is 0 Å². The number of halogens is 1. The van der Waals surface area contributed by atoms with Gasteiger partial charge in [-0.3, -0.25) is 10.1 Å². The summed E-state index contributed by atoms with van der Waals surface area (Å²) in [5.74, 6) is 0. The fourth-order valence-corrected chi connectivity index (χ4v) is 4.58. The summed E-state index contributed by atoms with van der Waals surface area (Å²) in [5, 5.41) is 12.0. The minimum Gasteiger partial charge on any atom is -0.258 e. The van der Waals surface area contributed by atoms with Crippen LogP contribution in [0.15, 0.2) is 42.5 Å². The normalized spacial score (nSPS) is 18.3. The molecule has 2 aromatic carbocycles. The molecule has 0 radical (unpaired) electrons. The average molecular weight is 340 g/mol. The quantitative estimate of drug-likeness (QED) is 0.497. The maximum Gasteiger partial charge on any atom is 0.278 e. The van der Waals surface area contributed by atoms with Crippen molar-refractivity contribution in [3.8, 4) is 0 Å². The summed E-state index contributed by atoms with van der Waals surface area (Å²) in [7, 11) is 0. The molecule has 4 heteroatoms. The molecule has 0 saturated heterocycles. The van der Waals surface area contributed by atoms with Crippen molar-refractivity contribution in [3.63, 3.8) is 0 Å². The number of benzene rings is 2. The molecule has 0 aliphatic heterocycles. The second kappa shape index (κ2) is 5.75. The Kier molecular flexibility index (Phi) is 3.69. The van der Waals surface area contributed by atoms with Crippen LogP contribution in [-0.2, 0) is 5.41 Å². The Labute approximate surface area is 146 Å². The standard InChI is InChI=1S/C20H18ClNO2/c21-15-8-9-16(19(13-15)22(23)24)18-12-14-6-2-3-7-17(14)20(18)10-4-1-5-11-20/h2-3,6-9,12-13H,1,4-5,10-11H2. The zero-order chi connectivity index (χ0) is 16.7. The van der Waals surface area contributed by atoms with Gasteiger partial charge in [0.2, 0.25) is 0 Å². The van der Waals surface area contributed by atoms with E-state index in [0.717, 1.165) is 31.3 Å². The van der Waals surface area contributed by atoms with Crippen molar-refractivity contribution in [1.82, 2.24) is 0 Å². The van der Waals surface area contributed by atoms with Gasteiger partial charge in [0.25, 0.3) is 5.69 Å². The molecule has 2 aliphatic carbocycles. The highest BCUT2D eigenvalue weighted by Gasteiger charge is 2.44. The van der Waals surface area contributed by atoms with E-state index in [1.807, 2.05) is 12.1 Å². The van der Waals surface area contributed by atoms with Gasteiger partial charge in [-0.25, -0.2) is 0 Å². The van der Waals surface area contributed by atoms with E-state index in [2.05, 4.69) is 24.3 Å². The van der Waals surface area contributed by atoms with Crippen LogP contribution in [0.2, 0.25) is 5.02 Å². The number of nitro benzene ring substituents is 1. The Morgan fingerprint density at radius 2 is 1.79 bits per heavy atom. The van der Waals surface area contributed by atoms with E-state index in [-0.39, 0.29) is 16.0 Å². The first-order valence-corrected chi connectivity index (χ1v) is 8.76. The third-order valence-corrected chi connectivity index (χ3v) is 5.68. The lowest BCUT2D eigenvalue weighted by Crippen LogP contribution is -2.28. The van der Waals surface area contributed by atoms with Crippen LogP contribution in [0.5, 0.6) is 0 Å². The van der Waals surface area contributed by atoms with Gasteiger partial charge in [0.05, 0.1) is 10.5 Å². The number of nitrogens with zero attached hydrogens (tertiary/aromatic N) is 1. The largest absolute Gasteiger partial charge is 0.278 e. The van der Waals surface area contributed by atoms with Gasteiger partial charge in [-0.05, 0) is 47.8 Å². The third-order valence-electron chi connectivity index (χ3n) is 5.45. The zero-order valence-corrected chi connectivity index (χ0v) is 14.1.